The van der Waals surface area contributed by atoms with Crippen LogP contribution < -0.4 is 10.6 Å². The molecule has 0 atom stereocenters. The lowest BCUT2D eigenvalue weighted by Gasteiger charge is -2.18. The monoisotopic (exact) mass is 264 g/mol. The van der Waals surface area contributed by atoms with Gasteiger partial charge < -0.3 is 10.6 Å². The Morgan fingerprint density at radius 1 is 1.21 bits per heavy atom. The van der Waals surface area contributed by atoms with E-state index in [1.54, 1.807) is 12.1 Å². The van der Waals surface area contributed by atoms with Crippen LogP contribution in [-0.4, -0.2) is 11.9 Å². The van der Waals surface area contributed by atoms with Crippen LogP contribution in [0.1, 0.15) is 45.4 Å². The highest BCUT2D eigenvalue weighted by Crippen LogP contribution is 2.25. The van der Waals surface area contributed by atoms with Crippen molar-refractivity contribution in [1.29, 1.82) is 0 Å². The van der Waals surface area contributed by atoms with Gasteiger partial charge in [-0.3, -0.25) is 4.79 Å². The van der Waals surface area contributed by atoms with Crippen molar-refractivity contribution < 1.29 is 9.18 Å². The van der Waals surface area contributed by atoms with E-state index in [0.29, 0.717) is 17.4 Å². The van der Waals surface area contributed by atoms with Crippen molar-refractivity contribution in [3.8, 4) is 0 Å². The molecule has 0 bridgehead atoms. The molecule has 19 heavy (non-hydrogen) atoms. The third-order valence-electron chi connectivity index (χ3n) is 3.50. The minimum atomic E-state index is -0.265. The maximum atomic E-state index is 13.8. The Balaban J connectivity index is 2.07. The number of nitrogens with one attached hydrogen (secondary N) is 2. The highest BCUT2D eigenvalue weighted by molar-refractivity contribution is 5.89. The predicted octanol–water partition coefficient (Wildman–Crippen LogP) is 3.92. The third kappa shape index (κ3) is 4.23. The van der Waals surface area contributed by atoms with E-state index in [-0.39, 0.29) is 11.7 Å². The molecule has 0 radical (unpaired) electrons. The molecule has 1 fully saturated rings. The number of carbonyl (C=O) groups is 1. The summed E-state index contributed by atoms with van der Waals surface area (Å²) >= 11 is 0. The zero-order valence-electron chi connectivity index (χ0n) is 11.3. The van der Waals surface area contributed by atoms with Gasteiger partial charge in [0.25, 0.3) is 0 Å². The van der Waals surface area contributed by atoms with Gasteiger partial charge in [0.2, 0.25) is 5.91 Å². The van der Waals surface area contributed by atoms with Gasteiger partial charge in [-0.1, -0.05) is 25.7 Å². The molecule has 1 aliphatic rings. The Bertz CT molecular complexity index is 440. The lowest BCUT2D eigenvalue weighted by molar-refractivity contribution is -0.114. The lowest BCUT2D eigenvalue weighted by atomic mass is 10.1. The van der Waals surface area contributed by atoms with Gasteiger partial charge in [-0.15, -0.1) is 0 Å². The van der Waals surface area contributed by atoms with E-state index in [0.717, 1.165) is 12.8 Å². The summed E-state index contributed by atoms with van der Waals surface area (Å²) in [7, 11) is 0. The van der Waals surface area contributed by atoms with Crippen LogP contribution in [0.15, 0.2) is 18.2 Å². The Kier molecular flexibility index (Phi) is 4.77. The zero-order chi connectivity index (χ0) is 13.7. The van der Waals surface area contributed by atoms with Crippen LogP contribution in [0.2, 0.25) is 0 Å². The predicted molar refractivity (Wildman–Crippen MR) is 75.8 cm³/mol. The Labute approximate surface area is 113 Å². The Hall–Kier alpha value is -1.58. The second-order valence-corrected chi connectivity index (χ2v) is 5.21. The van der Waals surface area contributed by atoms with Crippen molar-refractivity contribution in [2.75, 3.05) is 10.6 Å². The molecule has 1 aliphatic carbocycles. The molecule has 0 spiro atoms. The molecule has 0 saturated heterocycles. The largest absolute Gasteiger partial charge is 0.380 e. The minimum Gasteiger partial charge on any atom is -0.380 e. The van der Waals surface area contributed by atoms with E-state index in [2.05, 4.69) is 10.6 Å². The molecule has 1 saturated carbocycles. The topological polar surface area (TPSA) is 41.1 Å². The molecule has 4 heteroatoms. The number of halogens is 1. The van der Waals surface area contributed by atoms with E-state index in [1.165, 1.54) is 38.7 Å². The van der Waals surface area contributed by atoms with E-state index in [4.69, 9.17) is 0 Å². The molecule has 2 N–H and O–H groups in total. The van der Waals surface area contributed by atoms with Gasteiger partial charge in [0.15, 0.2) is 0 Å². The van der Waals surface area contributed by atoms with Crippen LogP contribution >= 0.6 is 0 Å². The van der Waals surface area contributed by atoms with Crippen molar-refractivity contribution in [2.24, 2.45) is 0 Å². The molecular weight excluding hydrogens is 243 g/mol. The summed E-state index contributed by atoms with van der Waals surface area (Å²) < 4.78 is 13.8. The summed E-state index contributed by atoms with van der Waals surface area (Å²) in [4.78, 5) is 11.0. The lowest BCUT2D eigenvalue weighted by Crippen LogP contribution is -2.19. The van der Waals surface area contributed by atoms with Crippen LogP contribution in [-0.2, 0) is 4.79 Å². The number of rotatable bonds is 3. The number of anilines is 2. The smallest absolute Gasteiger partial charge is 0.221 e. The van der Waals surface area contributed by atoms with E-state index >= 15 is 0 Å². The van der Waals surface area contributed by atoms with Gasteiger partial charge in [-0.25, -0.2) is 4.39 Å². The number of benzene rings is 1. The highest BCUT2D eigenvalue weighted by Gasteiger charge is 2.14. The standard InChI is InChI=1S/C15H21FN2O/c1-11(19)17-13-8-9-14(16)15(10-13)18-12-6-4-2-3-5-7-12/h8-10,12,18H,2-7H2,1H3,(H,17,19). The summed E-state index contributed by atoms with van der Waals surface area (Å²) in [5, 5.41) is 5.95. The molecule has 1 aromatic rings. The van der Waals surface area contributed by atoms with Gasteiger partial charge in [-0.2, -0.15) is 0 Å². The van der Waals surface area contributed by atoms with Crippen molar-refractivity contribution in [2.45, 2.75) is 51.5 Å². The third-order valence-corrected chi connectivity index (χ3v) is 3.50. The molecule has 0 aromatic heterocycles. The molecule has 104 valence electrons. The van der Waals surface area contributed by atoms with Crippen molar-refractivity contribution in [3.05, 3.63) is 24.0 Å². The van der Waals surface area contributed by atoms with Crippen LogP contribution in [0, 0.1) is 5.82 Å². The number of carbonyl (C=O) groups excluding carboxylic acids is 1. The van der Waals surface area contributed by atoms with E-state index in [1.807, 2.05) is 0 Å². The van der Waals surface area contributed by atoms with Crippen LogP contribution in [0.3, 0.4) is 0 Å². The second kappa shape index (κ2) is 6.55. The average Bonchev–Trinajstić information content (AvgIpc) is 2.61. The molecule has 0 heterocycles. The maximum absolute atomic E-state index is 13.8. The quantitative estimate of drug-likeness (QED) is 0.812. The van der Waals surface area contributed by atoms with Crippen molar-refractivity contribution in [1.82, 2.24) is 0 Å². The van der Waals surface area contributed by atoms with Crippen molar-refractivity contribution >= 4 is 17.3 Å². The first-order valence-corrected chi connectivity index (χ1v) is 6.99. The Morgan fingerprint density at radius 3 is 2.53 bits per heavy atom. The van der Waals surface area contributed by atoms with Crippen LogP contribution in [0.5, 0.6) is 0 Å². The van der Waals surface area contributed by atoms with Gasteiger partial charge in [0, 0.05) is 18.7 Å². The Morgan fingerprint density at radius 2 is 1.89 bits per heavy atom. The van der Waals surface area contributed by atoms with E-state index in [9.17, 15) is 9.18 Å². The molecule has 2 rings (SSSR count). The first-order valence-electron chi connectivity index (χ1n) is 6.99. The molecule has 1 amide bonds. The highest BCUT2D eigenvalue weighted by atomic mass is 19.1. The average molecular weight is 264 g/mol. The summed E-state index contributed by atoms with van der Waals surface area (Å²) in [6.45, 7) is 1.45. The van der Waals surface area contributed by atoms with Crippen LogP contribution in [0.4, 0.5) is 15.8 Å². The van der Waals surface area contributed by atoms with Gasteiger partial charge in [-0.05, 0) is 31.0 Å². The maximum Gasteiger partial charge on any atom is 0.221 e. The molecule has 3 nitrogen and oxygen atoms in total. The fourth-order valence-electron chi connectivity index (χ4n) is 2.56. The first kappa shape index (κ1) is 13.8. The first-order chi connectivity index (χ1) is 9.15. The molecular formula is C15H21FN2O. The summed E-state index contributed by atoms with van der Waals surface area (Å²) in [6.07, 6.45) is 7.11. The summed E-state index contributed by atoms with van der Waals surface area (Å²) in [5.74, 6) is -0.412. The van der Waals surface area contributed by atoms with Gasteiger partial charge in [0.05, 0.1) is 5.69 Å². The van der Waals surface area contributed by atoms with Gasteiger partial charge in [0.1, 0.15) is 5.82 Å². The molecule has 1 aromatic carbocycles. The zero-order valence-corrected chi connectivity index (χ0v) is 11.3. The minimum absolute atomic E-state index is 0.146. The fourth-order valence-corrected chi connectivity index (χ4v) is 2.56. The number of amides is 1. The molecule has 0 aliphatic heterocycles. The second-order valence-electron chi connectivity index (χ2n) is 5.21. The number of hydrogen-bond donors (Lipinski definition) is 2. The summed E-state index contributed by atoms with van der Waals surface area (Å²) in [5.41, 5.74) is 1.11. The SMILES string of the molecule is CC(=O)Nc1ccc(F)c(NC2CCCCCC2)c1. The summed E-state index contributed by atoms with van der Waals surface area (Å²) in [6, 6.07) is 4.98. The number of hydrogen-bond acceptors (Lipinski definition) is 2. The van der Waals surface area contributed by atoms with Gasteiger partial charge >= 0.3 is 0 Å². The fraction of sp³-hybridized carbons (Fsp3) is 0.533. The van der Waals surface area contributed by atoms with E-state index < -0.39 is 0 Å². The van der Waals surface area contributed by atoms with Crippen LogP contribution in [0.25, 0.3) is 0 Å². The van der Waals surface area contributed by atoms with Crippen molar-refractivity contribution in [3.63, 3.8) is 0 Å². The normalized spacial score (nSPS) is 16.7. The molecule has 0 unspecified atom stereocenters.